The molecule has 0 spiro atoms. The highest BCUT2D eigenvalue weighted by Crippen LogP contribution is 2.29. The molecule has 0 bridgehead atoms. The standard InChI is InChI=1S/C19H24N4O4S/c1-5-22(6-2)28(26,27)17-11-12-18(19(13-17)23(24)25)21-20-15(4)16-9-7-14(3)8-10-16/h7-13,21H,5-6H2,1-4H3. The van der Waals surface area contributed by atoms with E-state index < -0.39 is 14.9 Å². The number of nitro groups is 1. The normalized spacial score (nSPS) is 12.2. The van der Waals surface area contributed by atoms with E-state index in [4.69, 9.17) is 0 Å². The van der Waals surface area contributed by atoms with Gasteiger partial charge in [0, 0.05) is 19.2 Å². The predicted octanol–water partition coefficient (Wildman–Crippen LogP) is 3.77. The van der Waals surface area contributed by atoms with Crippen LogP contribution in [0.5, 0.6) is 0 Å². The van der Waals surface area contributed by atoms with E-state index in [2.05, 4.69) is 10.5 Å². The van der Waals surface area contributed by atoms with Gasteiger partial charge in [-0.05, 0) is 31.5 Å². The van der Waals surface area contributed by atoms with E-state index in [0.29, 0.717) is 5.71 Å². The average Bonchev–Trinajstić information content (AvgIpc) is 2.67. The first kappa shape index (κ1) is 21.5. The van der Waals surface area contributed by atoms with Gasteiger partial charge in [-0.1, -0.05) is 43.7 Å². The summed E-state index contributed by atoms with van der Waals surface area (Å²) in [6.45, 7) is 7.76. The van der Waals surface area contributed by atoms with Gasteiger partial charge in [0.15, 0.2) is 0 Å². The molecule has 0 fully saturated rings. The summed E-state index contributed by atoms with van der Waals surface area (Å²) in [5, 5.41) is 15.7. The lowest BCUT2D eigenvalue weighted by Gasteiger charge is -2.18. The summed E-state index contributed by atoms with van der Waals surface area (Å²) in [7, 11) is -3.79. The van der Waals surface area contributed by atoms with Crippen LogP contribution in [-0.4, -0.2) is 36.4 Å². The lowest BCUT2D eigenvalue weighted by atomic mass is 10.1. The first-order valence-electron chi connectivity index (χ1n) is 8.86. The third-order valence-electron chi connectivity index (χ3n) is 4.32. The molecule has 0 aliphatic carbocycles. The Morgan fingerprint density at radius 2 is 1.75 bits per heavy atom. The van der Waals surface area contributed by atoms with Crippen LogP contribution in [0.4, 0.5) is 11.4 Å². The Hall–Kier alpha value is -2.78. The molecule has 0 radical (unpaired) electrons. The highest BCUT2D eigenvalue weighted by atomic mass is 32.2. The molecule has 2 aromatic carbocycles. The van der Waals surface area contributed by atoms with Crippen molar-refractivity contribution in [2.45, 2.75) is 32.6 Å². The molecule has 0 saturated carbocycles. The van der Waals surface area contributed by atoms with Crippen molar-refractivity contribution in [1.82, 2.24) is 4.31 Å². The molecule has 2 rings (SSSR count). The van der Waals surface area contributed by atoms with E-state index in [1.165, 1.54) is 16.4 Å². The van der Waals surface area contributed by atoms with Crippen molar-refractivity contribution in [3.05, 3.63) is 63.7 Å². The second-order valence-corrected chi connectivity index (χ2v) is 8.14. The van der Waals surface area contributed by atoms with Crippen molar-refractivity contribution in [3.63, 3.8) is 0 Å². The summed E-state index contributed by atoms with van der Waals surface area (Å²) in [5.74, 6) is 0. The monoisotopic (exact) mass is 404 g/mol. The van der Waals surface area contributed by atoms with Crippen molar-refractivity contribution in [1.29, 1.82) is 0 Å². The third-order valence-corrected chi connectivity index (χ3v) is 6.37. The maximum Gasteiger partial charge on any atom is 0.295 e. The fourth-order valence-corrected chi connectivity index (χ4v) is 4.11. The third kappa shape index (κ3) is 4.73. The van der Waals surface area contributed by atoms with Crippen molar-refractivity contribution in [3.8, 4) is 0 Å². The van der Waals surface area contributed by atoms with Crippen LogP contribution < -0.4 is 5.43 Å². The summed E-state index contributed by atoms with van der Waals surface area (Å²) in [5.41, 5.74) is 5.09. The van der Waals surface area contributed by atoms with Crippen LogP contribution in [0.15, 0.2) is 52.5 Å². The summed E-state index contributed by atoms with van der Waals surface area (Å²) >= 11 is 0. The van der Waals surface area contributed by atoms with Gasteiger partial charge in [0.2, 0.25) is 10.0 Å². The van der Waals surface area contributed by atoms with Gasteiger partial charge in [-0.25, -0.2) is 8.42 Å². The molecule has 0 unspecified atom stereocenters. The maximum atomic E-state index is 12.6. The Morgan fingerprint density at radius 3 is 2.29 bits per heavy atom. The first-order chi connectivity index (χ1) is 13.2. The van der Waals surface area contributed by atoms with Crippen LogP contribution in [0.2, 0.25) is 0 Å². The van der Waals surface area contributed by atoms with Gasteiger partial charge in [0.25, 0.3) is 5.69 Å². The molecule has 0 heterocycles. The van der Waals surface area contributed by atoms with Gasteiger partial charge >= 0.3 is 0 Å². The number of nitrogens with zero attached hydrogens (tertiary/aromatic N) is 3. The minimum absolute atomic E-state index is 0.118. The Labute approximate surface area is 165 Å². The van der Waals surface area contributed by atoms with Crippen LogP contribution in [0.3, 0.4) is 0 Å². The summed E-state index contributed by atoms with van der Waals surface area (Å²) in [4.78, 5) is 10.7. The van der Waals surface area contributed by atoms with Crippen molar-refractivity contribution >= 4 is 27.1 Å². The molecule has 0 aromatic heterocycles. The van der Waals surface area contributed by atoms with Crippen molar-refractivity contribution < 1.29 is 13.3 Å². The van der Waals surface area contributed by atoms with Gasteiger partial charge < -0.3 is 0 Å². The number of hydrogen-bond acceptors (Lipinski definition) is 6. The number of rotatable bonds is 8. The van der Waals surface area contributed by atoms with E-state index in [-0.39, 0.29) is 29.4 Å². The maximum absolute atomic E-state index is 12.6. The van der Waals surface area contributed by atoms with Crippen molar-refractivity contribution in [2.75, 3.05) is 18.5 Å². The lowest BCUT2D eigenvalue weighted by molar-refractivity contribution is -0.384. The van der Waals surface area contributed by atoms with E-state index in [1.54, 1.807) is 20.8 Å². The molecule has 0 aliphatic rings. The van der Waals surface area contributed by atoms with Crippen LogP contribution in [0.1, 0.15) is 31.9 Å². The number of benzene rings is 2. The minimum atomic E-state index is -3.79. The van der Waals surface area contributed by atoms with Gasteiger partial charge in [0.05, 0.1) is 15.5 Å². The summed E-state index contributed by atoms with van der Waals surface area (Å²) in [6, 6.07) is 11.5. The van der Waals surface area contributed by atoms with E-state index >= 15 is 0 Å². The Balaban J connectivity index is 2.37. The molecule has 150 valence electrons. The Morgan fingerprint density at radius 1 is 1.14 bits per heavy atom. The number of nitro benzene ring substituents is 1. The highest BCUT2D eigenvalue weighted by molar-refractivity contribution is 7.89. The summed E-state index contributed by atoms with van der Waals surface area (Å²) in [6.07, 6.45) is 0. The fourth-order valence-electron chi connectivity index (χ4n) is 2.63. The molecular weight excluding hydrogens is 380 g/mol. The Bertz CT molecular complexity index is 981. The van der Waals surface area contributed by atoms with Crippen LogP contribution in [0.25, 0.3) is 0 Å². The summed E-state index contributed by atoms with van der Waals surface area (Å²) < 4.78 is 26.5. The topological polar surface area (TPSA) is 105 Å². The largest absolute Gasteiger partial charge is 0.295 e. The lowest BCUT2D eigenvalue weighted by Crippen LogP contribution is -2.30. The molecule has 0 amide bonds. The molecule has 28 heavy (non-hydrogen) atoms. The van der Waals surface area contributed by atoms with Gasteiger partial charge in [-0.2, -0.15) is 9.41 Å². The second-order valence-electron chi connectivity index (χ2n) is 6.20. The Kier molecular flexibility index (Phi) is 6.87. The SMILES string of the molecule is CCN(CC)S(=O)(=O)c1ccc(NN=C(C)c2ccc(C)cc2)c([N+](=O)[O-])c1. The molecule has 0 aliphatic heterocycles. The number of hydrazone groups is 1. The van der Waals surface area contributed by atoms with E-state index in [9.17, 15) is 18.5 Å². The molecular formula is C19H24N4O4S. The van der Waals surface area contributed by atoms with E-state index in [0.717, 1.165) is 17.2 Å². The van der Waals surface area contributed by atoms with Crippen LogP contribution >= 0.6 is 0 Å². The quantitative estimate of drug-likeness (QED) is 0.410. The average molecular weight is 404 g/mol. The van der Waals surface area contributed by atoms with Gasteiger partial charge in [-0.3, -0.25) is 15.5 Å². The fraction of sp³-hybridized carbons (Fsp3) is 0.316. The number of sulfonamides is 1. The molecule has 0 saturated heterocycles. The van der Waals surface area contributed by atoms with Crippen molar-refractivity contribution in [2.24, 2.45) is 5.10 Å². The smallest absolute Gasteiger partial charge is 0.271 e. The van der Waals surface area contributed by atoms with E-state index in [1.807, 2.05) is 31.2 Å². The van der Waals surface area contributed by atoms with Crippen LogP contribution in [0, 0.1) is 17.0 Å². The van der Waals surface area contributed by atoms with Gasteiger partial charge in [0.1, 0.15) is 5.69 Å². The molecule has 9 heteroatoms. The predicted molar refractivity (Wildman–Crippen MR) is 110 cm³/mol. The molecule has 1 N–H and O–H groups in total. The molecule has 8 nitrogen and oxygen atoms in total. The highest BCUT2D eigenvalue weighted by Gasteiger charge is 2.25. The second kappa shape index (κ2) is 8.94. The number of hydrogen-bond donors (Lipinski definition) is 1. The zero-order valence-corrected chi connectivity index (χ0v) is 17.2. The van der Waals surface area contributed by atoms with Gasteiger partial charge in [-0.15, -0.1) is 0 Å². The number of anilines is 1. The number of aryl methyl sites for hydroxylation is 1. The first-order valence-corrected chi connectivity index (χ1v) is 10.3. The van der Waals surface area contributed by atoms with Crippen LogP contribution in [-0.2, 0) is 10.0 Å². The zero-order chi connectivity index (χ0) is 20.9. The number of nitrogens with one attached hydrogen (secondary N) is 1. The zero-order valence-electron chi connectivity index (χ0n) is 16.3. The molecule has 2 aromatic rings. The molecule has 0 atom stereocenters. The minimum Gasteiger partial charge on any atom is -0.271 e.